The molecule has 1 aromatic carbocycles. The van der Waals surface area contributed by atoms with Gasteiger partial charge in [0.1, 0.15) is 0 Å². The molecule has 0 aliphatic heterocycles. The molecule has 1 aromatic rings. The van der Waals surface area contributed by atoms with Crippen molar-refractivity contribution in [2.75, 3.05) is 20.2 Å². The first-order chi connectivity index (χ1) is 10.6. The van der Waals surface area contributed by atoms with E-state index < -0.39 is 0 Å². The number of benzene rings is 1. The van der Waals surface area contributed by atoms with Crippen LogP contribution in [0.1, 0.15) is 24.8 Å². The largest absolute Gasteiger partial charge is 0.504 e. The predicted molar refractivity (Wildman–Crippen MR) is 87.6 cm³/mol. The number of ether oxygens (including phenoxy) is 1. The zero-order valence-electron chi connectivity index (χ0n) is 12.9. The molecule has 0 spiro atoms. The molecule has 0 aliphatic carbocycles. The number of rotatable bonds is 9. The van der Waals surface area contributed by atoms with E-state index in [4.69, 9.17) is 16.2 Å². The molecular formula is C16H25N3O3. The van der Waals surface area contributed by atoms with Crippen LogP contribution < -0.4 is 21.5 Å². The first kappa shape index (κ1) is 18.0. The van der Waals surface area contributed by atoms with E-state index in [0.29, 0.717) is 18.8 Å². The molecule has 22 heavy (non-hydrogen) atoms. The zero-order chi connectivity index (χ0) is 16.4. The first-order valence-electron chi connectivity index (χ1n) is 7.35. The highest BCUT2D eigenvalue weighted by Gasteiger charge is 2.02. The Labute approximate surface area is 131 Å². The van der Waals surface area contributed by atoms with Crippen LogP contribution in [-0.4, -0.2) is 37.3 Å². The Balaban J connectivity index is 2.32. The second-order valence-electron chi connectivity index (χ2n) is 5.05. The third kappa shape index (κ3) is 6.60. The lowest BCUT2D eigenvalue weighted by Crippen LogP contribution is -2.29. The molecule has 0 aliphatic rings. The van der Waals surface area contributed by atoms with E-state index in [1.165, 1.54) is 19.3 Å². The molecule has 1 amide bonds. The van der Waals surface area contributed by atoms with Gasteiger partial charge in [0.25, 0.3) is 0 Å². The van der Waals surface area contributed by atoms with Gasteiger partial charge in [-0.1, -0.05) is 12.5 Å². The monoisotopic (exact) mass is 307 g/mol. The Morgan fingerprint density at radius 3 is 2.91 bits per heavy atom. The van der Waals surface area contributed by atoms with E-state index >= 15 is 0 Å². The number of unbranched alkanes of at least 4 members (excludes halogenated alkanes) is 1. The van der Waals surface area contributed by atoms with Gasteiger partial charge in [-0.15, -0.1) is 0 Å². The SMILES string of the molecule is COc1cc(/C=C/C(=O)NCCCCC(N)CN)ccc1O. The van der Waals surface area contributed by atoms with Crippen LogP contribution in [0.5, 0.6) is 11.5 Å². The number of carbonyl (C=O) groups is 1. The quantitative estimate of drug-likeness (QED) is 0.401. The molecule has 6 heteroatoms. The second kappa shape index (κ2) is 9.81. The maximum atomic E-state index is 11.7. The fourth-order valence-electron chi connectivity index (χ4n) is 1.89. The molecule has 0 aromatic heterocycles. The fraction of sp³-hybridized carbons (Fsp3) is 0.438. The number of methoxy groups -OCH3 is 1. The smallest absolute Gasteiger partial charge is 0.243 e. The number of aromatic hydroxyl groups is 1. The Hall–Kier alpha value is -2.05. The van der Waals surface area contributed by atoms with Crippen LogP contribution in [-0.2, 0) is 4.79 Å². The van der Waals surface area contributed by atoms with Gasteiger partial charge in [0.05, 0.1) is 7.11 Å². The minimum atomic E-state index is -0.157. The van der Waals surface area contributed by atoms with Crippen LogP contribution in [0.3, 0.4) is 0 Å². The maximum absolute atomic E-state index is 11.7. The van der Waals surface area contributed by atoms with Crippen molar-refractivity contribution in [2.45, 2.75) is 25.3 Å². The predicted octanol–water partition coefficient (Wildman–Crippen LogP) is 0.987. The first-order valence-corrected chi connectivity index (χ1v) is 7.35. The summed E-state index contributed by atoms with van der Waals surface area (Å²) in [5, 5.41) is 12.3. The van der Waals surface area contributed by atoms with E-state index in [1.54, 1.807) is 18.2 Å². The summed E-state index contributed by atoms with van der Waals surface area (Å²) in [6.45, 7) is 1.10. The van der Waals surface area contributed by atoms with Crippen molar-refractivity contribution in [2.24, 2.45) is 11.5 Å². The van der Waals surface area contributed by atoms with Gasteiger partial charge in [0.15, 0.2) is 11.5 Å². The van der Waals surface area contributed by atoms with Crippen LogP contribution in [0.15, 0.2) is 24.3 Å². The zero-order valence-corrected chi connectivity index (χ0v) is 12.9. The van der Waals surface area contributed by atoms with E-state index in [1.807, 2.05) is 0 Å². The van der Waals surface area contributed by atoms with Crippen LogP contribution in [0, 0.1) is 0 Å². The summed E-state index contributed by atoms with van der Waals surface area (Å²) >= 11 is 0. The number of hydrogen-bond donors (Lipinski definition) is 4. The minimum absolute atomic E-state index is 0.0417. The number of nitrogens with two attached hydrogens (primary N) is 2. The highest BCUT2D eigenvalue weighted by Crippen LogP contribution is 2.26. The van der Waals surface area contributed by atoms with Crippen molar-refractivity contribution >= 4 is 12.0 Å². The van der Waals surface area contributed by atoms with E-state index in [2.05, 4.69) is 5.32 Å². The van der Waals surface area contributed by atoms with Gasteiger partial charge in [-0.2, -0.15) is 0 Å². The number of nitrogens with one attached hydrogen (secondary N) is 1. The van der Waals surface area contributed by atoms with Crippen LogP contribution in [0.25, 0.3) is 6.08 Å². The summed E-state index contributed by atoms with van der Waals surface area (Å²) in [6.07, 6.45) is 5.81. The van der Waals surface area contributed by atoms with E-state index in [-0.39, 0.29) is 17.7 Å². The molecule has 1 unspecified atom stereocenters. The fourth-order valence-corrected chi connectivity index (χ4v) is 1.89. The van der Waals surface area contributed by atoms with Crippen molar-refractivity contribution in [3.63, 3.8) is 0 Å². The minimum Gasteiger partial charge on any atom is -0.504 e. The summed E-state index contributed by atoms with van der Waals surface area (Å²) in [5.74, 6) is 0.286. The van der Waals surface area contributed by atoms with E-state index in [9.17, 15) is 9.90 Å². The van der Waals surface area contributed by atoms with Crippen LogP contribution in [0.2, 0.25) is 0 Å². The van der Waals surface area contributed by atoms with Gasteiger partial charge in [-0.05, 0) is 36.6 Å². The number of hydrogen-bond acceptors (Lipinski definition) is 5. The van der Waals surface area contributed by atoms with E-state index in [0.717, 1.165) is 24.8 Å². The van der Waals surface area contributed by atoms with Gasteiger partial charge in [-0.25, -0.2) is 0 Å². The number of amides is 1. The standard InChI is InChI=1S/C16H25N3O3/c1-22-15-10-12(5-7-14(15)20)6-8-16(21)19-9-3-2-4-13(18)11-17/h5-8,10,13,20H,2-4,9,11,17-18H2,1H3,(H,19,21)/b8-6+. The van der Waals surface area contributed by atoms with Crippen molar-refractivity contribution in [3.8, 4) is 11.5 Å². The molecule has 1 rings (SSSR count). The Bertz CT molecular complexity index is 503. The maximum Gasteiger partial charge on any atom is 0.243 e. The molecule has 0 radical (unpaired) electrons. The summed E-state index contributed by atoms with van der Waals surface area (Å²) in [4.78, 5) is 11.7. The Morgan fingerprint density at radius 1 is 1.45 bits per heavy atom. The summed E-state index contributed by atoms with van der Waals surface area (Å²) in [7, 11) is 1.48. The lowest BCUT2D eigenvalue weighted by Gasteiger charge is -2.07. The Kier molecular flexibility index (Phi) is 8.03. The Morgan fingerprint density at radius 2 is 2.23 bits per heavy atom. The summed E-state index contributed by atoms with van der Waals surface area (Å²) in [6, 6.07) is 4.93. The number of phenols is 1. The highest BCUT2D eigenvalue weighted by molar-refractivity contribution is 5.91. The molecule has 1 atom stereocenters. The van der Waals surface area contributed by atoms with Gasteiger partial charge >= 0.3 is 0 Å². The molecule has 0 heterocycles. The molecule has 6 nitrogen and oxygen atoms in total. The topological polar surface area (TPSA) is 111 Å². The molecule has 0 saturated carbocycles. The number of phenolic OH excluding ortho intramolecular Hbond substituents is 1. The molecule has 122 valence electrons. The highest BCUT2D eigenvalue weighted by atomic mass is 16.5. The van der Waals surface area contributed by atoms with Crippen molar-refractivity contribution in [1.82, 2.24) is 5.32 Å². The van der Waals surface area contributed by atoms with Crippen LogP contribution in [0.4, 0.5) is 0 Å². The normalized spacial score (nSPS) is 12.3. The summed E-state index contributed by atoms with van der Waals surface area (Å²) < 4.78 is 5.01. The third-order valence-electron chi connectivity index (χ3n) is 3.23. The molecule has 0 saturated heterocycles. The molecule has 0 fully saturated rings. The van der Waals surface area contributed by atoms with Crippen molar-refractivity contribution in [3.05, 3.63) is 29.8 Å². The van der Waals surface area contributed by atoms with Gasteiger partial charge < -0.3 is 26.6 Å². The number of carbonyl (C=O) groups excluding carboxylic acids is 1. The van der Waals surface area contributed by atoms with Crippen molar-refractivity contribution < 1.29 is 14.6 Å². The van der Waals surface area contributed by atoms with Crippen LogP contribution >= 0.6 is 0 Å². The second-order valence-corrected chi connectivity index (χ2v) is 5.05. The molecule has 0 bridgehead atoms. The van der Waals surface area contributed by atoms with Gasteiger partial charge in [-0.3, -0.25) is 4.79 Å². The molecule has 6 N–H and O–H groups in total. The van der Waals surface area contributed by atoms with Crippen molar-refractivity contribution in [1.29, 1.82) is 0 Å². The summed E-state index contributed by atoms with van der Waals surface area (Å²) in [5.41, 5.74) is 11.9. The van der Waals surface area contributed by atoms with Gasteiger partial charge in [0.2, 0.25) is 5.91 Å². The van der Waals surface area contributed by atoms with Gasteiger partial charge in [0, 0.05) is 25.2 Å². The molecular weight excluding hydrogens is 282 g/mol. The third-order valence-corrected chi connectivity index (χ3v) is 3.23. The lowest BCUT2D eigenvalue weighted by atomic mass is 10.1. The average Bonchev–Trinajstić information content (AvgIpc) is 2.53. The lowest BCUT2D eigenvalue weighted by molar-refractivity contribution is -0.116. The average molecular weight is 307 g/mol.